The fraction of sp³-hybridized carbons (Fsp3) is 0.917. The quantitative estimate of drug-likeness (QED) is 0.464. The van der Waals surface area contributed by atoms with E-state index in [0.29, 0.717) is 18.3 Å². The molecule has 0 heterocycles. The molecule has 3 saturated carbocycles. The van der Waals surface area contributed by atoms with E-state index in [0.717, 1.165) is 6.42 Å². The predicted molar refractivity (Wildman–Crippen MR) is 68.4 cm³/mol. The second-order valence-corrected chi connectivity index (χ2v) is 7.09. The smallest absolute Gasteiger partial charge is 0.347 e. The fourth-order valence-electron chi connectivity index (χ4n) is 3.69. The van der Waals surface area contributed by atoms with Gasteiger partial charge in [-0.2, -0.15) is 8.78 Å². The summed E-state index contributed by atoms with van der Waals surface area (Å²) in [6, 6.07) is -0.249. The first kappa shape index (κ1) is 15.9. The summed E-state index contributed by atoms with van der Waals surface area (Å²) in [6.45, 7) is 6.37. The van der Waals surface area contributed by atoms with Gasteiger partial charge < -0.3 is 5.32 Å². The van der Waals surface area contributed by atoms with E-state index in [9.17, 15) is 13.6 Å². The normalized spacial score (nSPS) is 35.3. The monoisotopic (exact) mass is 311 g/mol. The van der Waals surface area contributed by atoms with Gasteiger partial charge in [0.2, 0.25) is 0 Å². The van der Waals surface area contributed by atoms with Gasteiger partial charge in [-0.25, -0.2) is 5.26 Å². The lowest BCUT2D eigenvalue weighted by Crippen LogP contribution is -2.61. The summed E-state index contributed by atoms with van der Waals surface area (Å²) >= 11 is -0.529. The van der Waals surface area contributed by atoms with Crippen LogP contribution < -0.4 is 5.32 Å². The molecule has 0 radical (unpaired) electrons. The Kier molecular flexibility index (Phi) is 4.30. The minimum Gasteiger partial charge on any atom is -0.347 e. The summed E-state index contributed by atoms with van der Waals surface area (Å²) in [5.41, 5.74) is 0.228. The van der Waals surface area contributed by atoms with Crippen molar-refractivity contribution in [2.24, 2.45) is 23.2 Å². The largest absolute Gasteiger partial charge is 0.397 e. The molecule has 4 atom stereocenters. The summed E-state index contributed by atoms with van der Waals surface area (Å²) in [5.74, 6) is -0.345. The van der Waals surface area contributed by atoms with Gasteiger partial charge in [0.15, 0.2) is 0 Å². The van der Waals surface area contributed by atoms with Crippen LogP contribution in [-0.2, 0) is 14.2 Å². The van der Waals surface area contributed by atoms with E-state index in [1.807, 2.05) is 6.92 Å². The summed E-state index contributed by atoms with van der Waals surface area (Å²) < 4.78 is 30.4. The molecule has 4 unspecified atom stereocenters. The van der Waals surface area contributed by atoms with Gasteiger partial charge in [-0.1, -0.05) is 25.8 Å². The lowest BCUT2D eigenvalue weighted by atomic mass is 9.45. The Bertz CT molecular complexity index is 394. The van der Waals surface area contributed by atoms with Crippen LogP contribution in [0.3, 0.4) is 0 Å². The molecule has 5 nitrogen and oxygen atoms in total. The average Bonchev–Trinajstić information content (AvgIpc) is 2.37. The van der Waals surface area contributed by atoms with Crippen molar-refractivity contribution in [1.29, 1.82) is 0 Å². The Morgan fingerprint density at radius 1 is 1.45 bits per heavy atom. The molecule has 1 amide bonds. The molecule has 8 heteroatoms. The van der Waals surface area contributed by atoms with Gasteiger partial charge in [-0.15, -0.1) is 4.33 Å². The fourth-order valence-corrected chi connectivity index (χ4v) is 3.94. The first-order valence-corrected chi connectivity index (χ1v) is 7.29. The number of hydrogen-bond acceptors (Lipinski definition) is 5. The first-order chi connectivity index (χ1) is 9.20. The van der Waals surface area contributed by atoms with E-state index in [1.54, 1.807) is 0 Å². The first-order valence-electron chi connectivity index (χ1n) is 6.55. The second kappa shape index (κ2) is 5.40. The third-order valence-corrected chi connectivity index (χ3v) is 5.63. The number of rotatable bonds is 5. The van der Waals surface area contributed by atoms with Gasteiger partial charge >= 0.3 is 11.2 Å². The van der Waals surface area contributed by atoms with Crippen LogP contribution >= 0.6 is 12.0 Å². The van der Waals surface area contributed by atoms with Crippen LogP contribution in [0.4, 0.5) is 8.78 Å². The van der Waals surface area contributed by atoms with Crippen molar-refractivity contribution in [2.75, 3.05) is 0 Å². The van der Waals surface area contributed by atoms with Gasteiger partial charge in [-0.3, -0.25) is 4.79 Å². The standard InChI is InChI=1S/C12H19F2NO4S/c1-6-8-4-7(11(8,2)3)5-9(6)15-10(16)12(13,14)20-19-18-17/h6-9,17H,4-5H2,1-3H3,(H,15,16). The van der Waals surface area contributed by atoms with Crippen LogP contribution in [0, 0.1) is 23.2 Å². The highest BCUT2D eigenvalue weighted by molar-refractivity contribution is 7.96. The number of fused-ring (bicyclic) bond motifs is 2. The van der Waals surface area contributed by atoms with Gasteiger partial charge in [0.25, 0.3) is 0 Å². The highest BCUT2D eigenvalue weighted by Crippen LogP contribution is 2.61. The van der Waals surface area contributed by atoms with Crippen molar-refractivity contribution in [3.05, 3.63) is 0 Å². The van der Waals surface area contributed by atoms with Crippen molar-refractivity contribution >= 4 is 17.9 Å². The van der Waals surface area contributed by atoms with E-state index >= 15 is 0 Å². The summed E-state index contributed by atoms with van der Waals surface area (Å²) in [4.78, 5) is 11.6. The molecule has 2 N–H and O–H groups in total. The number of amides is 1. The Morgan fingerprint density at radius 3 is 2.60 bits per heavy atom. The highest BCUT2D eigenvalue weighted by atomic mass is 32.2. The molecule has 0 spiro atoms. The number of halogens is 2. The Morgan fingerprint density at radius 2 is 2.10 bits per heavy atom. The topological polar surface area (TPSA) is 67.8 Å². The van der Waals surface area contributed by atoms with Crippen molar-refractivity contribution < 1.29 is 28.2 Å². The summed E-state index contributed by atoms with van der Waals surface area (Å²) in [6.07, 6.45) is 1.82. The molecule has 0 aromatic carbocycles. The zero-order valence-electron chi connectivity index (χ0n) is 11.6. The number of carbonyl (C=O) groups excluding carboxylic acids is 1. The molecule has 0 aromatic heterocycles. The maximum Gasteiger partial charge on any atom is 0.397 e. The molecule has 0 aromatic rings. The molecule has 0 aliphatic heterocycles. The minimum absolute atomic E-state index is 0.162. The number of carbonyl (C=O) groups is 1. The number of hydrogen-bond donors (Lipinski definition) is 2. The van der Waals surface area contributed by atoms with Gasteiger partial charge in [0.05, 0.1) is 0 Å². The van der Waals surface area contributed by atoms with E-state index in [2.05, 4.69) is 28.5 Å². The third-order valence-electron chi connectivity index (χ3n) is 5.10. The van der Waals surface area contributed by atoms with Gasteiger partial charge in [0, 0.05) is 6.04 Å². The third kappa shape index (κ3) is 2.66. The van der Waals surface area contributed by atoms with Crippen molar-refractivity contribution in [2.45, 2.75) is 44.9 Å². The predicted octanol–water partition coefficient (Wildman–Crippen LogP) is 2.84. The molecule has 2 bridgehead atoms. The molecule has 3 aliphatic carbocycles. The zero-order valence-corrected chi connectivity index (χ0v) is 12.4. The molecule has 3 aliphatic rings. The average molecular weight is 311 g/mol. The highest BCUT2D eigenvalue weighted by Gasteiger charge is 2.57. The Labute approximate surface area is 120 Å². The van der Waals surface area contributed by atoms with Crippen LogP contribution in [0.1, 0.15) is 33.6 Å². The molecule has 116 valence electrons. The molecule has 0 saturated heterocycles. The van der Waals surface area contributed by atoms with E-state index in [4.69, 9.17) is 5.26 Å². The van der Waals surface area contributed by atoms with Crippen LogP contribution in [0.2, 0.25) is 0 Å². The second-order valence-electron chi connectivity index (χ2n) is 6.28. The van der Waals surface area contributed by atoms with Crippen molar-refractivity contribution in [1.82, 2.24) is 5.32 Å². The maximum absolute atomic E-state index is 13.4. The van der Waals surface area contributed by atoms with Crippen molar-refractivity contribution in [3.8, 4) is 0 Å². The molecule has 3 fully saturated rings. The maximum atomic E-state index is 13.4. The van der Waals surface area contributed by atoms with Gasteiger partial charge in [-0.05, 0) is 36.0 Å². The lowest BCUT2D eigenvalue weighted by Gasteiger charge is -2.62. The number of nitrogens with one attached hydrogen (secondary N) is 1. The molecular formula is C12H19F2NO4S. The van der Waals surface area contributed by atoms with Gasteiger partial charge in [0.1, 0.15) is 12.0 Å². The van der Waals surface area contributed by atoms with Crippen LogP contribution in [0.5, 0.6) is 0 Å². The number of alkyl halides is 2. The van der Waals surface area contributed by atoms with Crippen LogP contribution in [0.15, 0.2) is 0 Å². The van der Waals surface area contributed by atoms with E-state index in [-0.39, 0.29) is 17.4 Å². The van der Waals surface area contributed by atoms with E-state index < -0.39 is 23.2 Å². The molecule has 3 rings (SSSR count). The minimum atomic E-state index is -3.81. The lowest BCUT2D eigenvalue weighted by molar-refractivity contribution is -0.433. The summed E-state index contributed by atoms with van der Waals surface area (Å²) in [7, 11) is 0. The SMILES string of the molecule is CC1C(NC(=O)C(F)(F)SOOO)CC2CC1C2(C)C. The Balaban J connectivity index is 1.93. The summed E-state index contributed by atoms with van der Waals surface area (Å²) in [5, 5.41) is 9.54. The molecule has 20 heavy (non-hydrogen) atoms. The van der Waals surface area contributed by atoms with E-state index in [1.165, 1.54) is 0 Å². The van der Waals surface area contributed by atoms with Crippen LogP contribution in [0.25, 0.3) is 0 Å². The Hall–Kier alpha value is -0.440. The zero-order chi connectivity index (χ0) is 15.1. The molecular weight excluding hydrogens is 292 g/mol. The van der Waals surface area contributed by atoms with Crippen LogP contribution in [-0.4, -0.2) is 22.5 Å². The van der Waals surface area contributed by atoms with Crippen molar-refractivity contribution in [3.63, 3.8) is 0 Å².